The molecule has 202 valence electrons. The van der Waals surface area contributed by atoms with Crippen molar-refractivity contribution in [2.75, 3.05) is 17.7 Å². The van der Waals surface area contributed by atoms with E-state index >= 15 is 0 Å². The second-order valence-corrected chi connectivity index (χ2v) is 11.3. The molecule has 2 aromatic heterocycles. The first kappa shape index (κ1) is 28.2. The van der Waals surface area contributed by atoms with Crippen molar-refractivity contribution >= 4 is 51.6 Å². The molecule has 2 heterocycles. The zero-order chi connectivity index (χ0) is 27.1. The number of hydrogen-bond acceptors (Lipinski definition) is 8. The summed E-state index contributed by atoms with van der Waals surface area (Å²) in [6, 6.07) is 5.43. The number of carbonyl (C=O) groups excluding carboxylic acids is 2. The van der Waals surface area contributed by atoms with Crippen molar-refractivity contribution in [2.24, 2.45) is 0 Å². The third-order valence-corrected chi connectivity index (χ3v) is 8.49. The average Bonchev–Trinajstić information content (AvgIpc) is 3.34. The summed E-state index contributed by atoms with van der Waals surface area (Å²) in [6.45, 7) is 8.50. The van der Waals surface area contributed by atoms with Gasteiger partial charge >= 0.3 is 5.97 Å². The lowest BCUT2D eigenvalue weighted by Crippen LogP contribution is -2.17. The number of nitrogens with one attached hydrogen (secondary N) is 1. The summed E-state index contributed by atoms with van der Waals surface area (Å²) in [6.07, 6.45) is 6.75. The Bertz CT molecular complexity index is 1320. The van der Waals surface area contributed by atoms with E-state index in [1.165, 1.54) is 28.0 Å². The number of rotatable bonds is 11. The second-order valence-electron chi connectivity index (χ2n) is 8.82. The molecule has 0 radical (unpaired) electrons. The quantitative estimate of drug-likeness (QED) is 0.125. The Kier molecular flexibility index (Phi) is 9.87. The number of thioether (sulfide) groups is 1. The van der Waals surface area contributed by atoms with Crippen LogP contribution in [0.4, 0.5) is 5.00 Å². The lowest BCUT2D eigenvalue weighted by atomic mass is 10.1. The van der Waals surface area contributed by atoms with E-state index in [4.69, 9.17) is 21.1 Å². The largest absolute Gasteiger partial charge is 0.485 e. The van der Waals surface area contributed by atoms with Gasteiger partial charge in [-0.15, -0.1) is 28.1 Å². The van der Waals surface area contributed by atoms with E-state index in [2.05, 4.69) is 22.1 Å². The number of allylic oxidation sites excluding steroid dienone is 1. The highest BCUT2D eigenvalue weighted by atomic mass is 35.5. The van der Waals surface area contributed by atoms with Crippen molar-refractivity contribution in [3.05, 3.63) is 63.3 Å². The van der Waals surface area contributed by atoms with Gasteiger partial charge in [-0.1, -0.05) is 35.9 Å². The van der Waals surface area contributed by atoms with Gasteiger partial charge in [0.1, 0.15) is 17.4 Å². The number of nitrogens with zero attached hydrogens (tertiary/aromatic N) is 3. The number of benzene rings is 1. The highest BCUT2D eigenvalue weighted by Gasteiger charge is 2.27. The molecular weight excluding hydrogens is 544 g/mol. The minimum atomic E-state index is -0.374. The van der Waals surface area contributed by atoms with Crippen LogP contribution >= 0.6 is 34.7 Å². The number of thiophene rings is 1. The van der Waals surface area contributed by atoms with Gasteiger partial charge in [-0.25, -0.2) is 4.79 Å². The van der Waals surface area contributed by atoms with Crippen LogP contribution in [0.5, 0.6) is 5.75 Å². The minimum Gasteiger partial charge on any atom is -0.485 e. The lowest BCUT2D eigenvalue weighted by Gasteiger charge is -2.11. The molecule has 11 heteroatoms. The zero-order valence-electron chi connectivity index (χ0n) is 21.5. The van der Waals surface area contributed by atoms with Crippen LogP contribution in [-0.4, -0.2) is 39.0 Å². The number of aryl methyl sites for hydroxylation is 2. The number of anilines is 1. The number of ether oxygens (including phenoxy) is 2. The molecule has 0 spiro atoms. The van der Waals surface area contributed by atoms with Gasteiger partial charge in [0.2, 0.25) is 5.91 Å². The molecule has 0 bridgehead atoms. The van der Waals surface area contributed by atoms with Crippen LogP contribution in [-0.2, 0) is 35.5 Å². The molecule has 1 amide bonds. The van der Waals surface area contributed by atoms with E-state index in [0.717, 1.165) is 43.2 Å². The van der Waals surface area contributed by atoms with Crippen LogP contribution in [0.15, 0.2) is 36.0 Å². The molecule has 0 atom stereocenters. The molecule has 1 aliphatic carbocycles. The average molecular weight is 575 g/mol. The maximum Gasteiger partial charge on any atom is 0.341 e. The van der Waals surface area contributed by atoms with Gasteiger partial charge in [0.25, 0.3) is 0 Å². The standard InChI is InChI=1S/C27H31ClN4O4S2/c1-4-13-32-22(15-36-20-12-11-18(28)14-17(20)3)30-31-27(32)37-16-23(33)29-25-24(26(34)35-5-2)19-9-7-6-8-10-21(19)38-25/h4,11-12,14H,1,5-10,13,15-16H2,2-3H3,(H,29,33). The van der Waals surface area contributed by atoms with E-state index in [9.17, 15) is 9.59 Å². The number of aromatic nitrogens is 3. The molecule has 1 N–H and O–H groups in total. The Balaban J connectivity index is 1.44. The minimum absolute atomic E-state index is 0.108. The summed E-state index contributed by atoms with van der Waals surface area (Å²) >= 11 is 8.79. The highest BCUT2D eigenvalue weighted by Crippen LogP contribution is 2.38. The first-order chi connectivity index (χ1) is 18.4. The Hall–Kier alpha value is -2.82. The van der Waals surface area contributed by atoms with Crippen molar-refractivity contribution in [1.82, 2.24) is 14.8 Å². The number of carbonyl (C=O) groups is 2. The Morgan fingerprint density at radius 2 is 2.08 bits per heavy atom. The summed E-state index contributed by atoms with van der Waals surface area (Å²) in [7, 11) is 0. The molecule has 3 aromatic rings. The van der Waals surface area contributed by atoms with Crippen LogP contribution in [0.2, 0.25) is 5.02 Å². The summed E-state index contributed by atoms with van der Waals surface area (Å²) in [4.78, 5) is 26.9. The summed E-state index contributed by atoms with van der Waals surface area (Å²) < 4.78 is 13.1. The van der Waals surface area contributed by atoms with Gasteiger partial charge in [0, 0.05) is 16.4 Å². The monoisotopic (exact) mass is 574 g/mol. The van der Waals surface area contributed by atoms with Crippen LogP contribution in [0.25, 0.3) is 0 Å². The number of hydrogen-bond donors (Lipinski definition) is 1. The molecule has 0 aliphatic heterocycles. The highest BCUT2D eigenvalue weighted by molar-refractivity contribution is 7.99. The van der Waals surface area contributed by atoms with Crippen molar-refractivity contribution in [1.29, 1.82) is 0 Å². The summed E-state index contributed by atoms with van der Waals surface area (Å²) in [5.41, 5.74) is 2.46. The molecule has 0 fully saturated rings. The molecular formula is C27H31ClN4O4S2. The van der Waals surface area contributed by atoms with Gasteiger partial charge in [-0.05, 0) is 68.9 Å². The van der Waals surface area contributed by atoms with E-state index in [0.29, 0.717) is 38.9 Å². The van der Waals surface area contributed by atoms with Crippen molar-refractivity contribution < 1.29 is 19.1 Å². The number of halogens is 1. The van der Waals surface area contributed by atoms with Gasteiger partial charge in [-0.2, -0.15) is 0 Å². The van der Waals surface area contributed by atoms with E-state index in [1.54, 1.807) is 19.1 Å². The predicted octanol–water partition coefficient (Wildman–Crippen LogP) is 6.24. The Labute approximate surface area is 235 Å². The van der Waals surface area contributed by atoms with Crippen molar-refractivity contribution in [3.8, 4) is 5.75 Å². The Morgan fingerprint density at radius 1 is 1.26 bits per heavy atom. The summed E-state index contributed by atoms with van der Waals surface area (Å²) in [5.74, 6) is 0.842. The maximum absolute atomic E-state index is 13.0. The number of fused-ring (bicyclic) bond motifs is 1. The fourth-order valence-electron chi connectivity index (χ4n) is 4.30. The molecule has 1 aliphatic rings. The fraction of sp³-hybridized carbons (Fsp3) is 0.407. The van der Waals surface area contributed by atoms with Crippen molar-refractivity contribution in [2.45, 2.75) is 64.3 Å². The van der Waals surface area contributed by atoms with Crippen LogP contribution < -0.4 is 10.1 Å². The third-order valence-electron chi connectivity index (χ3n) is 6.09. The smallest absolute Gasteiger partial charge is 0.341 e. The van der Waals surface area contributed by atoms with E-state index in [1.807, 2.05) is 23.6 Å². The number of esters is 1. The Morgan fingerprint density at radius 3 is 2.84 bits per heavy atom. The summed E-state index contributed by atoms with van der Waals surface area (Å²) in [5, 5.41) is 13.3. The van der Waals surface area contributed by atoms with Crippen LogP contribution in [0.1, 0.15) is 58.4 Å². The second kappa shape index (κ2) is 13.3. The third kappa shape index (κ3) is 6.78. The maximum atomic E-state index is 13.0. The van der Waals surface area contributed by atoms with Crippen LogP contribution in [0, 0.1) is 6.92 Å². The molecule has 0 saturated heterocycles. The van der Waals surface area contributed by atoms with Gasteiger partial charge in [0.05, 0.1) is 17.9 Å². The molecule has 4 rings (SSSR count). The first-order valence-corrected chi connectivity index (χ1v) is 14.8. The van der Waals surface area contributed by atoms with Gasteiger partial charge in [-0.3, -0.25) is 9.36 Å². The molecule has 0 saturated carbocycles. The SMILES string of the molecule is C=CCn1c(COc2ccc(Cl)cc2C)nnc1SCC(=O)Nc1sc2c(c1C(=O)OCC)CCCCC2. The van der Waals surface area contributed by atoms with Crippen molar-refractivity contribution in [3.63, 3.8) is 0 Å². The lowest BCUT2D eigenvalue weighted by molar-refractivity contribution is -0.113. The normalized spacial score (nSPS) is 12.9. The first-order valence-electron chi connectivity index (χ1n) is 12.6. The molecule has 8 nitrogen and oxygen atoms in total. The van der Waals surface area contributed by atoms with Gasteiger partial charge in [0.15, 0.2) is 11.0 Å². The van der Waals surface area contributed by atoms with E-state index < -0.39 is 0 Å². The molecule has 1 aromatic carbocycles. The topological polar surface area (TPSA) is 95.3 Å². The van der Waals surface area contributed by atoms with Gasteiger partial charge < -0.3 is 14.8 Å². The molecule has 0 unspecified atom stereocenters. The van der Waals surface area contributed by atoms with Crippen LogP contribution in [0.3, 0.4) is 0 Å². The molecule has 38 heavy (non-hydrogen) atoms. The van der Waals surface area contributed by atoms with E-state index in [-0.39, 0.29) is 30.8 Å². The predicted molar refractivity (Wildman–Crippen MR) is 152 cm³/mol. The number of amides is 1. The fourth-order valence-corrected chi connectivity index (χ4v) is 6.59. The zero-order valence-corrected chi connectivity index (χ0v) is 23.9.